The van der Waals surface area contributed by atoms with Crippen LogP contribution < -0.4 is 4.90 Å². The van der Waals surface area contributed by atoms with Gasteiger partial charge in [-0.05, 0) is 36.3 Å². The van der Waals surface area contributed by atoms with Crippen LogP contribution in [-0.2, 0) is 0 Å². The van der Waals surface area contributed by atoms with Gasteiger partial charge in [-0.1, -0.05) is 6.92 Å². The molecule has 2 heterocycles. The summed E-state index contributed by atoms with van der Waals surface area (Å²) in [5.74, 6) is 1.38. The first-order chi connectivity index (χ1) is 10.2. The molecule has 0 bridgehead atoms. The van der Waals surface area contributed by atoms with E-state index >= 15 is 0 Å². The summed E-state index contributed by atoms with van der Waals surface area (Å²) in [5.41, 5.74) is 0.475. The van der Waals surface area contributed by atoms with Gasteiger partial charge in [-0.15, -0.1) is 23.5 Å². The highest BCUT2D eigenvalue weighted by atomic mass is 32.2. The normalized spacial score (nSPS) is 10.4. The minimum Gasteiger partial charge on any atom is -0.294 e. The maximum absolute atomic E-state index is 12.6. The van der Waals surface area contributed by atoms with E-state index in [4.69, 9.17) is 0 Å². The molecular weight excluding hydrogens is 302 g/mol. The van der Waals surface area contributed by atoms with Crippen molar-refractivity contribution in [3.8, 4) is 0 Å². The molecule has 0 fully saturated rings. The predicted octanol–water partition coefficient (Wildman–Crippen LogP) is 3.59. The summed E-state index contributed by atoms with van der Waals surface area (Å²) in [7, 11) is 1.72. The number of anilines is 1. The molecule has 0 aliphatic heterocycles. The van der Waals surface area contributed by atoms with Crippen LogP contribution >= 0.6 is 23.5 Å². The molecule has 1 amide bonds. The predicted molar refractivity (Wildman–Crippen MR) is 89.4 cm³/mol. The summed E-state index contributed by atoms with van der Waals surface area (Å²) < 4.78 is 0. The van der Waals surface area contributed by atoms with Gasteiger partial charge in [-0.2, -0.15) is 0 Å². The molecule has 2 aromatic heterocycles. The molecule has 0 aliphatic carbocycles. The van der Waals surface area contributed by atoms with Gasteiger partial charge < -0.3 is 0 Å². The zero-order valence-corrected chi connectivity index (χ0v) is 13.9. The number of aromatic nitrogens is 2. The summed E-state index contributed by atoms with van der Waals surface area (Å²) in [5, 5.41) is 0. The quantitative estimate of drug-likeness (QED) is 0.788. The molecular formula is C15H17N3OS2. The van der Waals surface area contributed by atoms with Crippen molar-refractivity contribution in [1.82, 2.24) is 9.97 Å². The monoisotopic (exact) mass is 319 g/mol. The second-order valence-corrected chi connectivity index (χ2v) is 6.39. The molecule has 0 saturated heterocycles. The summed E-state index contributed by atoms with van der Waals surface area (Å²) in [6, 6.07) is 7.57. The fourth-order valence-electron chi connectivity index (χ4n) is 1.78. The Bertz CT molecular complexity index is 617. The highest BCUT2D eigenvalue weighted by Gasteiger charge is 2.19. The third kappa shape index (κ3) is 3.77. The van der Waals surface area contributed by atoms with E-state index < -0.39 is 0 Å². The third-order valence-corrected chi connectivity index (χ3v) is 4.52. The zero-order valence-electron chi connectivity index (χ0n) is 12.2. The van der Waals surface area contributed by atoms with Crippen molar-refractivity contribution in [2.75, 3.05) is 24.0 Å². The first kappa shape index (κ1) is 15.9. The van der Waals surface area contributed by atoms with Crippen LogP contribution in [0.5, 0.6) is 0 Å². The smallest absolute Gasteiger partial charge is 0.278 e. The Kier molecular flexibility index (Phi) is 5.64. The molecule has 4 nitrogen and oxygen atoms in total. The lowest BCUT2D eigenvalue weighted by Gasteiger charge is -2.17. The van der Waals surface area contributed by atoms with E-state index in [9.17, 15) is 4.79 Å². The van der Waals surface area contributed by atoms with Gasteiger partial charge >= 0.3 is 0 Å². The zero-order chi connectivity index (χ0) is 15.2. The minimum atomic E-state index is -0.143. The number of pyridine rings is 2. The molecule has 0 spiro atoms. The average Bonchev–Trinajstić information content (AvgIpc) is 2.54. The van der Waals surface area contributed by atoms with E-state index in [1.54, 1.807) is 43.0 Å². The lowest BCUT2D eigenvalue weighted by Crippen LogP contribution is -2.28. The number of carbonyl (C=O) groups excluding carboxylic acids is 1. The van der Waals surface area contributed by atoms with Crippen molar-refractivity contribution in [1.29, 1.82) is 0 Å². The Hall–Kier alpha value is -1.53. The standard InChI is InChI=1S/C15H17N3OS2/c1-4-21-12-6-5-9-16-14(12)15(19)18(2)13-8-7-11(20-3)10-17-13/h5-10H,4H2,1-3H3. The number of carbonyl (C=O) groups is 1. The molecule has 0 saturated carbocycles. The number of rotatable bonds is 5. The van der Waals surface area contributed by atoms with E-state index in [-0.39, 0.29) is 5.91 Å². The van der Waals surface area contributed by atoms with Crippen LogP contribution in [0.15, 0.2) is 46.5 Å². The van der Waals surface area contributed by atoms with Gasteiger partial charge in [-0.3, -0.25) is 9.69 Å². The molecule has 0 N–H and O–H groups in total. The molecule has 2 rings (SSSR count). The van der Waals surface area contributed by atoms with Crippen LogP contribution in [0.1, 0.15) is 17.4 Å². The molecule has 0 aliphatic rings. The number of hydrogen-bond donors (Lipinski definition) is 0. The van der Waals surface area contributed by atoms with Gasteiger partial charge in [0.1, 0.15) is 11.5 Å². The molecule has 21 heavy (non-hydrogen) atoms. The van der Waals surface area contributed by atoms with Crippen LogP contribution in [-0.4, -0.2) is 34.9 Å². The van der Waals surface area contributed by atoms with Crippen LogP contribution in [0.2, 0.25) is 0 Å². The SMILES string of the molecule is CCSc1cccnc1C(=O)N(C)c1ccc(SC)cn1. The lowest BCUT2D eigenvalue weighted by atomic mass is 10.3. The highest BCUT2D eigenvalue weighted by molar-refractivity contribution is 7.99. The topological polar surface area (TPSA) is 46.1 Å². The number of thioether (sulfide) groups is 2. The van der Waals surface area contributed by atoms with Crippen molar-refractivity contribution < 1.29 is 4.79 Å². The van der Waals surface area contributed by atoms with Crippen molar-refractivity contribution in [3.63, 3.8) is 0 Å². The second-order valence-electron chi connectivity index (χ2n) is 4.20. The number of amides is 1. The van der Waals surface area contributed by atoms with E-state index in [2.05, 4.69) is 16.9 Å². The third-order valence-electron chi connectivity index (χ3n) is 2.88. The second kappa shape index (κ2) is 7.47. The van der Waals surface area contributed by atoms with Crippen molar-refractivity contribution in [3.05, 3.63) is 42.4 Å². The first-order valence-electron chi connectivity index (χ1n) is 6.53. The van der Waals surface area contributed by atoms with Gasteiger partial charge in [0, 0.05) is 29.2 Å². The summed E-state index contributed by atoms with van der Waals surface area (Å²) >= 11 is 3.24. The molecule has 6 heteroatoms. The van der Waals surface area contributed by atoms with Crippen LogP contribution in [0.25, 0.3) is 0 Å². The Morgan fingerprint density at radius 1 is 1.29 bits per heavy atom. The van der Waals surface area contributed by atoms with Crippen molar-refractivity contribution in [2.45, 2.75) is 16.7 Å². The van der Waals surface area contributed by atoms with Gasteiger partial charge in [0.05, 0.1) is 0 Å². The Labute approximate surface area is 133 Å². The van der Waals surface area contributed by atoms with E-state index in [0.717, 1.165) is 15.5 Å². The first-order valence-corrected chi connectivity index (χ1v) is 8.74. The van der Waals surface area contributed by atoms with E-state index in [0.29, 0.717) is 11.5 Å². The van der Waals surface area contributed by atoms with Crippen LogP contribution in [0.3, 0.4) is 0 Å². The van der Waals surface area contributed by atoms with Gasteiger partial charge in [-0.25, -0.2) is 9.97 Å². The van der Waals surface area contributed by atoms with Crippen LogP contribution in [0, 0.1) is 0 Å². The largest absolute Gasteiger partial charge is 0.294 e. The molecule has 0 unspecified atom stereocenters. The summed E-state index contributed by atoms with van der Waals surface area (Å²) in [6.07, 6.45) is 5.41. The van der Waals surface area contributed by atoms with Gasteiger partial charge in [0.25, 0.3) is 5.91 Å². The maximum atomic E-state index is 12.6. The molecule has 0 aromatic carbocycles. The highest BCUT2D eigenvalue weighted by Crippen LogP contribution is 2.23. The molecule has 2 aromatic rings. The molecule has 0 radical (unpaired) electrons. The maximum Gasteiger partial charge on any atom is 0.278 e. The fraction of sp³-hybridized carbons (Fsp3) is 0.267. The summed E-state index contributed by atoms with van der Waals surface area (Å²) in [4.78, 5) is 24.7. The number of nitrogens with zero attached hydrogens (tertiary/aromatic N) is 3. The molecule has 0 atom stereocenters. The van der Waals surface area contributed by atoms with Crippen molar-refractivity contribution in [2.24, 2.45) is 0 Å². The number of hydrogen-bond acceptors (Lipinski definition) is 5. The minimum absolute atomic E-state index is 0.143. The van der Waals surface area contributed by atoms with E-state index in [1.807, 2.05) is 30.5 Å². The van der Waals surface area contributed by atoms with Gasteiger partial charge in [0.15, 0.2) is 0 Å². The van der Waals surface area contributed by atoms with Crippen molar-refractivity contribution >= 4 is 35.2 Å². The summed E-state index contributed by atoms with van der Waals surface area (Å²) in [6.45, 7) is 2.05. The van der Waals surface area contributed by atoms with Crippen LogP contribution in [0.4, 0.5) is 5.82 Å². The Morgan fingerprint density at radius 2 is 2.10 bits per heavy atom. The average molecular weight is 319 g/mol. The Morgan fingerprint density at radius 3 is 2.71 bits per heavy atom. The lowest BCUT2D eigenvalue weighted by molar-refractivity contribution is 0.0984. The molecule has 110 valence electrons. The Balaban J connectivity index is 2.26. The van der Waals surface area contributed by atoms with E-state index in [1.165, 1.54) is 4.90 Å². The fourth-order valence-corrected chi connectivity index (χ4v) is 2.90. The van der Waals surface area contributed by atoms with Gasteiger partial charge in [0.2, 0.25) is 0 Å².